The van der Waals surface area contributed by atoms with Crippen molar-refractivity contribution < 1.29 is 9.53 Å². The highest BCUT2D eigenvalue weighted by molar-refractivity contribution is 5.84. The Morgan fingerprint density at radius 1 is 1.05 bits per heavy atom. The Balaban J connectivity index is 2.86. The largest absolute Gasteiger partial charge is 0.366 e. The first-order valence-corrected chi connectivity index (χ1v) is 7.34. The third kappa shape index (κ3) is 4.79. The van der Waals surface area contributed by atoms with Crippen LogP contribution in [0.15, 0.2) is 24.3 Å². The minimum absolute atomic E-state index is 0.188. The van der Waals surface area contributed by atoms with Crippen LogP contribution in [0.4, 0.5) is 0 Å². The fraction of sp³-hybridized carbons (Fsp3) is 0.588. The topological polar surface area (TPSA) is 26.3 Å². The highest BCUT2D eigenvalue weighted by Gasteiger charge is 2.20. The maximum atomic E-state index is 12.1. The molecule has 2 heteroatoms. The first-order valence-electron chi connectivity index (χ1n) is 7.34. The van der Waals surface area contributed by atoms with Gasteiger partial charge in [0, 0.05) is 13.0 Å². The third-order valence-electron chi connectivity index (χ3n) is 3.18. The fourth-order valence-electron chi connectivity index (χ4n) is 2.04. The number of rotatable bonds is 8. The van der Waals surface area contributed by atoms with Crippen LogP contribution in [0.3, 0.4) is 0 Å². The number of hydrogen-bond donors (Lipinski definition) is 0. The van der Waals surface area contributed by atoms with Gasteiger partial charge in [-0.25, -0.2) is 0 Å². The molecule has 1 atom stereocenters. The van der Waals surface area contributed by atoms with Crippen LogP contribution in [-0.4, -0.2) is 12.4 Å². The summed E-state index contributed by atoms with van der Waals surface area (Å²) in [6.45, 7) is 9.05. The zero-order chi connectivity index (χ0) is 14.3. The van der Waals surface area contributed by atoms with Crippen molar-refractivity contribution in [2.75, 3.05) is 6.61 Å². The van der Waals surface area contributed by atoms with Gasteiger partial charge < -0.3 is 4.74 Å². The quantitative estimate of drug-likeness (QED) is 0.682. The average Bonchev–Trinajstić information content (AvgIpc) is 2.40. The lowest BCUT2D eigenvalue weighted by Crippen LogP contribution is -2.16. The molecule has 0 aromatic heterocycles. The van der Waals surface area contributed by atoms with Crippen LogP contribution in [0.5, 0.6) is 0 Å². The van der Waals surface area contributed by atoms with Crippen LogP contribution in [0, 0.1) is 0 Å². The first-order chi connectivity index (χ1) is 9.10. The molecule has 0 bridgehead atoms. The molecular weight excluding hydrogens is 236 g/mol. The lowest BCUT2D eigenvalue weighted by atomic mass is 9.97. The zero-order valence-electron chi connectivity index (χ0n) is 12.6. The second-order valence-corrected chi connectivity index (χ2v) is 5.29. The van der Waals surface area contributed by atoms with E-state index in [4.69, 9.17) is 4.74 Å². The predicted octanol–water partition coefficient (Wildman–Crippen LogP) is 4.65. The Kier molecular flexibility index (Phi) is 6.79. The zero-order valence-corrected chi connectivity index (χ0v) is 12.6. The summed E-state index contributed by atoms with van der Waals surface area (Å²) in [6.07, 6.45) is 2.00. The van der Waals surface area contributed by atoms with Crippen LogP contribution in [0.2, 0.25) is 0 Å². The van der Waals surface area contributed by atoms with Crippen LogP contribution in [0.1, 0.15) is 70.1 Å². The molecule has 0 amide bonds. The number of ether oxygens (including phenoxy) is 1. The molecule has 0 saturated carbocycles. The van der Waals surface area contributed by atoms with E-state index in [1.165, 1.54) is 5.56 Å². The second-order valence-electron chi connectivity index (χ2n) is 5.29. The summed E-state index contributed by atoms with van der Waals surface area (Å²) in [4.78, 5) is 12.1. The second kappa shape index (κ2) is 8.11. The summed E-state index contributed by atoms with van der Waals surface area (Å²) in [7, 11) is 0. The smallest absolute Gasteiger partial charge is 0.166 e. The highest BCUT2D eigenvalue weighted by Crippen LogP contribution is 2.23. The summed E-state index contributed by atoms with van der Waals surface area (Å²) >= 11 is 0. The molecule has 106 valence electrons. The number of benzene rings is 1. The van der Waals surface area contributed by atoms with E-state index in [0.717, 1.165) is 18.4 Å². The molecule has 0 aliphatic carbocycles. The Hall–Kier alpha value is -1.15. The molecule has 0 N–H and O–H groups in total. The van der Waals surface area contributed by atoms with Gasteiger partial charge in [-0.2, -0.15) is 0 Å². The molecule has 0 aliphatic rings. The van der Waals surface area contributed by atoms with Gasteiger partial charge >= 0.3 is 0 Å². The predicted molar refractivity (Wildman–Crippen MR) is 79.4 cm³/mol. The maximum absolute atomic E-state index is 12.1. The minimum Gasteiger partial charge on any atom is -0.366 e. The minimum atomic E-state index is -0.388. The molecule has 0 radical (unpaired) electrons. The summed E-state index contributed by atoms with van der Waals surface area (Å²) in [6, 6.07) is 8.26. The summed E-state index contributed by atoms with van der Waals surface area (Å²) in [5.74, 6) is 0.698. The van der Waals surface area contributed by atoms with E-state index in [9.17, 15) is 4.79 Å². The Morgan fingerprint density at radius 2 is 1.63 bits per heavy atom. The molecule has 0 spiro atoms. The van der Waals surface area contributed by atoms with Crippen molar-refractivity contribution in [3.05, 3.63) is 35.4 Å². The van der Waals surface area contributed by atoms with E-state index < -0.39 is 0 Å². The summed E-state index contributed by atoms with van der Waals surface area (Å²) in [5, 5.41) is 0. The van der Waals surface area contributed by atoms with E-state index in [1.807, 2.05) is 19.1 Å². The van der Waals surface area contributed by atoms with Gasteiger partial charge in [-0.05, 0) is 29.9 Å². The normalized spacial score (nSPS) is 12.7. The van der Waals surface area contributed by atoms with Crippen molar-refractivity contribution in [2.24, 2.45) is 0 Å². The van der Waals surface area contributed by atoms with Crippen molar-refractivity contribution in [2.45, 2.75) is 59.0 Å². The molecule has 0 aliphatic heterocycles. The number of Topliss-reactive ketones (excluding diaryl/α,β-unsaturated/α-hetero) is 1. The maximum Gasteiger partial charge on any atom is 0.166 e. The lowest BCUT2D eigenvalue weighted by Gasteiger charge is -2.17. The molecule has 0 heterocycles. The van der Waals surface area contributed by atoms with Gasteiger partial charge in [-0.1, -0.05) is 52.0 Å². The number of carbonyl (C=O) groups is 1. The van der Waals surface area contributed by atoms with Crippen LogP contribution in [0.25, 0.3) is 0 Å². The van der Waals surface area contributed by atoms with Crippen molar-refractivity contribution in [1.82, 2.24) is 0 Å². The van der Waals surface area contributed by atoms with Crippen molar-refractivity contribution in [3.63, 3.8) is 0 Å². The Morgan fingerprint density at radius 3 is 2.11 bits per heavy atom. The number of hydrogen-bond acceptors (Lipinski definition) is 2. The standard InChI is InChI=1S/C17H26O2/c1-5-7-16(18)17(19-12-6-2)15-10-8-14(9-11-15)13(3)4/h8-11,13,17H,5-7,12H2,1-4H3. The summed E-state index contributed by atoms with van der Waals surface area (Å²) in [5.41, 5.74) is 2.28. The Labute approximate surface area is 117 Å². The number of carbonyl (C=O) groups excluding carboxylic acids is 1. The highest BCUT2D eigenvalue weighted by atomic mass is 16.5. The summed E-state index contributed by atoms with van der Waals surface area (Å²) < 4.78 is 5.74. The van der Waals surface area contributed by atoms with Crippen LogP contribution in [-0.2, 0) is 9.53 Å². The van der Waals surface area contributed by atoms with Gasteiger partial charge in [0.15, 0.2) is 5.78 Å². The molecule has 2 nitrogen and oxygen atoms in total. The molecule has 1 aromatic carbocycles. The SMILES string of the molecule is CCCOC(C(=O)CCC)c1ccc(C(C)C)cc1. The Bertz CT molecular complexity index is 379. The van der Waals surface area contributed by atoms with E-state index in [0.29, 0.717) is 18.9 Å². The first kappa shape index (κ1) is 15.9. The van der Waals surface area contributed by atoms with Crippen molar-refractivity contribution >= 4 is 5.78 Å². The lowest BCUT2D eigenvalue weighted by molar-refractivity contribution is -0.131. The fourth-order valence-corrected chi connectivity index (χ4v) is 2.04. The van der Waals surface area contributed by atoms with Crippen LogP contribution >= 0.6 is 0 Å². The number of ketones is 1. The van der Waals surface area contributed by atoms with Gasteiger partial charge in [0.1, 0.15) is 6.10 Å². The molecule has 1 aromatic rings. The van der Waals surface area contributed by atoms with Gasteiger partial charge in [0.05, 0.1) is 0 Å². The third-order valence-corrected chi connectivity index (χ3v) is 3.18. The molecule has 1 rings (SSSR count). The molecule has 0 saturated heterocycles. The van der Waals surface area contributed by atoms with E-state index in [1.54, 1.807) is 0 Å². The van der Waals surface area contributed by atoms with Crippen LogP contribution < -0.4 is 0 Å². The van der Waals surface area contributed by atoms with Gasteiger partial charge in [-0.3, -0.25) is 4.79 Å². The van der Waals surface area contributed by atoms with E-state index in [2.05, 4.69) is 32.9 Å². The molecule has 19 heavy (non-hydrogen) atoms. The van der Waals surface area contributed by atoms with E-state index >= 15 is 0 Å². The van der Waals surface area contributed by atoms with E-state index in [-0.39, 0.29) is 11.9 Å². The van der Waals surface area contributed by atoms with Gasteiger partial charge in [-0.15, -0.1) is 0 Å². The molecular formula is C17H26O2. The monoisotopic (exact) mass is 262 g/mol. The van der Waals surface area contributed by atoms with Gasteiger partial charge in [0.2, 0.25) is 0 Å². The molecule has 0 fully saturated rings. The van der Waals surface area contributed by atoms with Gasteiger partial charge in [0.25, 0.3) is 0 Å². The molecule has 1 unspecified atom stereocenters. The average molecular weight is 262 g/mol. The van der Waals surface area contributed by atoms with Crippen molar-refractivity contribution in [1.29, 1.82) is 0 Å². The van der Waals surface area contributed by atoms with Crippen molar-refractivity contribution in [3.8, 4) is 0 Å².